The molecule has 0 bridgehead atoms. The van der Waals surface area contributed by atoms with Gasteiger partial charge >= 0.3 is 0 Å². The van der Waals surface area contributed by atoms with Crippen LogP contribution in [0.2, 0.25) is 0 Å². The lowest BCUT2D eigenvalue weighted by Crippen LogP contribution is -2.31. The Bertz CT molecular complexity index is 597. The van der Waals surface area contributed by atoms with Gasteiger partial charge in [0.1, 0.15) is 11.5 Å². The average molecular weight is 269 g/mol. The lowest BCUT2D eigenvalue weighted by atomic mass is 9.90. The molecule has 20 heavy (non-hydrogen) atoms. The van der Waals surface area contributed by atoms with Crippen molar-refractivity contribution in [2.45, 2.75) is 18.4 Å². The van der Waals surface area contributed by atoms with Gasteiger partial charge in [0.05, 0.1) is 13.7 Å². The number of hydrogen-bond donors (Lipinski definition) is 1. The highest BCUT2D eigenvalue weighted by atomic mass is 16.5. The molecule has 1 aliphatic heterocycles. The molecular weight excluding hydrogens is 250 g/mol. The Balaban J connectivity index is 1.75. The van der Waals surface area contributed by atoms with Crippen LogP contribution in [0.5, 0.6) is 11.5 Å². The van der Waals surface area contributed by atoms with Crippen molar-refractivity contribution < 1.29 is 9.47 Å². The summed E-state index contributed by atoms with van der Waals surface area (Å²) in [7, 11) is 1.68. The molecule has 2 N–H and O–H groups in total. The molecular formula is C17H19NO2. The van der Waals surface area contributed by atoms with Gasteiger partial charge in [-0.1, -0.05) is 30.3 Å². The number of rotatable bonds is 4. The Morgan fingerprint density at radius 1 is 1.25 bits per heavy atom. The van der Waals surface area contributed by atoms with Crippen molar-refractivity contribution in [3.05, 3.63) is 59.7 Å². The van der Waals surface area contributed by atoms with E-state index in [1.54, 1.807) is 7.11 Å². The number of fused-ring (bicyclic) bond motifs is 1. The van der Waals surface area contributed by atoms with Crippen LogP contribution < -0.4 is 15.2 Å². The summed E-state index contributed by atoms with van der Waals surface area (Å²) in [5.41, 5.74) is 8.82. The first kappa shape index (κ1) is 13.0. The highest BCUT2D eigenvalue weighted by Gasteiger charge is 2.28. The van der Waals surface area contributed by atoms with E-state index in [0.717, 1.165) is 17.9 Å². The SMILES string of the molecule is COc1cccc(CC(N)C2COc3ccccc32)c1. The Kier molecular flexibility index (Phi) is 3.61. The summed E-state index contributed by atoms with van der Waals surface area (Å²) in [6.07, 6.45) is 0.819. The van der Waals surface area contributed by atoms with Crippen molar-refractivity contribution in [3.63, 3.8) is 0 Å². The van der Waals surface area contributed by atoms with Gasteiger partial charge in [0, 0.05) is 17.5 Å². The van der Waals surface area contributed by atoms with Crippen molar-refractivity contribution in [1.29, 1.82) is 0 Å². The Morgan fingerprint density at radius 3 is 2.95 bits per heavy atom. The minimum absolute atomic E-state index is 0.0470. The minimum Gasteiger partial charge on any atom is -0.497 e. The van der Waals surface area contributed by atoms with Crippen LogP contribution in [0.25, 0.3) is 0 Å². The van der Waals surface area contributed by atoms with Crippen molar-refractivity contribution in [3.8, 4) is 11.5 Å². The summed E-state index contributed by atoms with van der Waals surface area (Å²) < 4.78 is 11.0. The Labute approximate surface area is 119 Å². The highest BCUT2D eigenvalue weighted by molar-refractivity contribution is 5.41. The second-order valence-corrected chi connectivity index (χ2v) is 5.17. The largest absolute Gasteiger partial charge is 0.497 e. The number of ether oxygens (including phenoxy) is 2. The molecule has 1 aliphatic rings. The molecule has 3 rings (SSSR count). The minimum atomic E-state index is 0.0470. The van der Waals surface area contributed by atoms with E-state index in [-0.39, 0.29) is 12.0 Å². The number of benzene rings is 2. The molecule has 0 radical (unpaired) electrons. The van der Waals surface area contributed by atoms with E-state index in [4.69, 9.17) is 15.2 Å². The van der Waals surface area contributed by atoms with Gasteiger partial charge in [0.15, 0.2) is 0 Å². The molecule has 0 aliphatic carbocycles. The van der Waals surface area contributed by atoms with Crippen LogP contribution in [0.4, 0.5) is 0 Å². The normalized spacial score (nSPS) is 18.2. The lowest BCUT2D eigenvalue weighted by molar-refractivity contribution is 0.313. The van der Waals surface area contributed by atoms with Crippen LogP contribution in [0, 0.1) is 0 Å². The standard InChI is InChI=1S/C17H19NO2/c1-19-13-6-4-5-12(9-13)10-16(18)15-11-20-17-8-3-2-7-14(15)17/h2-9,15-16H,10-11,18H2,1H3. The van der Waals surface area contributed by atoms with Crippen molar-refractivity contribution >= 4 is 0 Å². The lowest BCUT2D eigenvalue weighted by Gasteiger charge is -2.18. The van der Waals surface area contributed by atoms with Gasteiger partial charge in [-0.2, -0.15) is 0 Å². The van der Waals surface area contributed by atoms with E-state index < -0.39 is 0 Å². The zero-order valence-corrected chi connectivity index (χ0v) is 11.6. The first-order valence-corrected chi connectivity index (χ1v) is 6.88. The third kappa shape index (κ3) is 2.49. The maximum atomic E-state index is 6.40. The van der Waals surface area contributed by atoms with E-state index in [2.05, 4.69) is 12.1 Å². The average Bonchev–Trinajstić information content (AvgIpc) is 2.91. The number of hydrogen-bond acceptors (Lipinski definition) is 3. The van der Waals surface area contributed by atoms with E-state index in [0.29, 0.717) is 6.61 Å². The zero-order chi connectivity index (χ0) is 13.9. The van der Waals surface area contributed by atoms with Gasteiger partial charge in [0.25, 0.3) is 0 Å². The van der Waals surface area contributed by atoms with Gasteiger partial charge in [-0.15, -0.1) is 0 Å². The second kappa shape index (κ2) is 5.55. The van der Waals surface area contributed by atoms with Crippen molar-refractivity contribution in [2.24, 2.45) is 5.73 Å². The fourth-order valence-electron chi connectivity index (χ4n) is 2.76. The monoisotopic (exact) mass is 269 g/mol. The number of methoxy groups -OCH3 is 1. The third-order valence-electron chi connectivity index (χ3n) is 3.86. The smallest absolute Gasteiger partial charge is 0.122 e. The molecule has 0 amide bonds. The molecule has 0 aromatic heterocycles. The second-order valence-electron chi connectivity index (χ2n) is 5.17. The van der Waals surface area contributed by atoms with Crippen LogP contribution in [-0.2, 0) is 6.42 Å². The fraction of sp³-hybridized carbons (Fsp3) is 0.294. The summed E-state index contributed by atoms with van der Waals surface area (Å²) in [5, 5.41) is 0. The number of nitrogens with two attached hydrogens (primary N) is 1. The molecule has 0 saturated heterocycles. The van der Waals surface area contributed by atoms with Crippen LogP contribution in [0.15, 0.2) is 48.5 Å². The van der Waals surface area contributed by atoms with Crippen LogP contribution in [0.3, 0.4) is 0 Å². The van der Waals surface area contributed by atoms with Gasteiger partial charge in [-0.25, -0.2) is 0 Å². The quantitative estimate of drug-likeness (QED) is 0.928. The molecule has 1 heterocycles. The molecule has 2 atom stereocenters. The molecule has 3 heteroatoms. The zero-order valence-electron chi connectivity index (χ0n) is 11.6. The van der Waals surface area contributed by atoms with E-state index in [1.807, 2.05) is 36.4 Å². The van der Waals surface area contributed by atoms with Crippen LogP contribution in [0.1, 0.15) is 17.0 Å². The van der Waals surface area contributed by atoms with Crippen molar-refractivity contribution in [2.75, 3.05) is 13.7 Å². The molecule has 0 spiro atoms. The fourth-order valence-corrected chi connectivity index (χ4v) is 2.76. The summed E-state index contributed by atoms with van der Waals surface area (Å²) in [6.45, 7) is 0.671. The predicted molar refractivity (Wildman–Crippen MR) is 79.4 cm³/mol. The summed E-state index contributed by atoms with van der Waals surface area (Å²) in [4.78, 5) is 0. The van der Waals surface area contributed by atoms with Crippen LogP contribution >= 0.6 is 0 Å². The first-order valence-electron chi connectivity index (χ1n) is 6.88. The molecule has 2 aromatic carbocycles. The highest BCUT2D eigenvalue weighted by Crippen LogP contribution is 2.35. The summed E-state index contributed by atoms with van der Waals surface area (Å²) >= 11 is 0. The first-order chi connectivity index (χ1) is 9.78. The van der Waals surface area contributed by atoms with Crippen molar-refractivity contribution in [1.82, 2.24) is 0 Å². The van der Waals surface area contributed by atoms with Gasteiger partial charge in [-0.05, 0) is 30.2 Å². The maximum absolute atomic E-state index is 6.40. The van der Waals surface area contributed by atoms with Gasteiger partial charge in [-0.3, -0.25) is 0 Å². The predicted octanol–water partition coefficient (Wildman–Crippen LogP) is 2.74. The van der Waals surface area contributed by atoms with E-state index >= 15 is 0 Å². The topological polar surface area (TPSA) is 44.5 Å². The molecule has 0 saturated carbocycles. The maximum Gasteiger partial charge on any atom is 0.122 e. The van der Waals surface area contributed by atoms with E-state index in [1.165, 1.54) is 11.1 Å². The molecule has 3 nitrogen and oxygen atoms in total. The summed E-state index contributed by atoms with van der Waals surface area (Å²) in [6, 6.07) is 16.3. The Morgan fingerprint density at radius 2 is 2.10 bits per heavy atom. The molecule has 104 valence electrons. The molecule has 2 aromatic rings. The van der Waals surface area contributed by atoms with E-state index in [9.17, 15) is 0 Å². The molecule has 0 fully saturated rings. The Hall–Kier alpha value is -2.00. The summed E-state index contributed by atoms with van der Waals surface area (Å²) in [5.74, 6) is 2.11. The van der Waals surface area contributed by atoms with Crippen LogP contribution in [-0.4, -0.2) is 19.8 Å². The third-order valence-corrected chi connectivity index (χ3v) is 3.86. The number of para-hydroxylation sites is 1. The molecule has 2 unspecified atom stereocenters. The van der Waals surface area contributed by atoms with Gasteiger partial charge < -0.3 is 15.2 Å². The van der Waals surface area contributed by atoms with Gasteiger partial charge in [0.2, 0.25) is 0 Å².